The zero-order valence-corrected chi connectivity index (χ0v) is 12.0. The third kappa shape index (κ3) is 2.39. The Hall–Kier alpha value is -1.73. The van der Waals surface area contributed by atoms with Crippen LogP contribution in [0.5, 0.6) is 0 Å². The Morgan fingerprint density at radius 3 is 3.00 bits per heavy atom. The SMILES string of the molecule is O=c1[nH]c(Cn2cc(Br)ccc2=O)nc2ccsc12. The van der Waals surface area contributed by atoms with Crippen molar-refractivity contribution in [3.8, 4) is 0 Å². The maximum Gasteiger partial charge on any atom is 0.268 e. The average molecular weight is 338 g/mol. The molecule has 3 heterocycles. The van der Waals surface area contributed by atoms with Crippen LogP contribution in [0.3, 0.4) is 0 Å². The maximum atomic E-state index is 11.8. The summed E-state index contributed by atoms with van der Waals surface area (Å²) in [6.45, 7) is 0.235. The second-order valence-corrected chi connectivity index (χ2v) is 5.79. The molecule has 96 valence electrons. The highest BCUT2D eigenvalue weighted by Gasteiger charge is 2.06. The first-order chi connectivity index (χ1) is 9.13. The van der Waals surface area contributed by atoms with Crippen molar-refractivity contribution in [2.45, 2.75) is 6.54 Å². The number of aromatic amines is 1. The summed E-state index contributed by atoms with van der Waals surface area (Å²) in [5.74, 6) is 0.469. The van der Waals surface area contributed by atoms with Crippen LogP contribution in [0, 0.1) is 0 Å². The van der Waals surface area contributed by atoms with Crippen molar-refractivity contribution < 1.29 is 0 Å². The molecule has 0 fully saturated rings. The van der Waals surface area contributed by atoms with E-state index in [1.165, 1.54) is 22.0 Å². The molecule has 0 aliphatic carbocycles. The Morgan fingerprint density at radius 2 is 2.16 bits per heavy atom. The summed E-state index contributed by atoms with van der Waals surface area (Å²) in [7, 11) is 0. The van der Waals surface area contributed by atoms with Crippen LogP contribution in [0.1, 0.15) is 5.82 Å². The molecule has 0 bridgehead atoms. The summed E-state index contributed by atoms with van der Waals surface area (Å²) in [5.41, 5.74) is 0.348. The first-order valence-corrected chi connectivity index (χ1v) is 7.13. The van der Waals surface area contributed by atoms with E-state index in [9.17, 15) is 9.59 Å². The topological polar surface area (TPSA) is 67.8 Å². The highest BCUT2D eigenvalue weighted by atomic mass is 79.9. The van der Waals surface area contributed by atoms with E-state index in [4.69, 9.17) is 0 Å². The van der Waals surface area contributed by atoms with Crippen LogP contribution in [-0.4, -0.2) is 14.5 Å². The number of hydrogen-bond donors (Lipinski definition) is 1. The number of nitrogens with one attached hydrogen (secondary N) is 1. The molecule has 0 spiro atoms. The van der Waals surface area contributed by atoms with Gasteiger partial charge in [0.1, 0.15) is 10.5 Å². The summed E-state index contributed by atoms with van der Waals surface area (Å²) in [4.78, 5) is 30.6. The van der Waals surface area contributed by atoms with Gasteiger partial charge in [-0.15, -0.1) is 11.3 Å². The summed E-state index contributed by atoms with van der Waals surface area (Å²) in [6, 6.07) is 4.94. The average Bonchev–Trinajstić information content (AvgIpc) is 2.82. The van der Waals surface area contributed by atoms with Gasteiger partial charge in [-0.25, -0.2) is 4.98 Å². The van der Waals surface area contributed by atoms with E-state index < -0.39 is 0 Å². The Labute approximate surface area is 119 Å². The highest BCUT2D eigenvalue weighted by molar-refractivity contribution is 9.10. The van der Waals surface area contributed by atoms with E-state index >= 15 is 0 Å². The maximum absolute atomic E-state index is 11.8. The largest absolute Gasteiger partial charge is 0.308 e. The minimum absolute atomic E-state index is 0.142. The Bertz CT molecular complexity index is 865. The standard InChI is InChI=1S/C12H8BrN3O2S/c13-7-1-2-10(17)16(5-7)6-9-14-8-3-4-19-11(8)12(18)15-9/h1-5H,6H2,(H,14,15,18). The van der Waals surface area contributed by atoms with E-state index in [-0.39, 0.29) is 17.7 Å². The number of hydrogen-bond acceptors (Lipinski definition) is 4. The lowest BCUT2D eigenvalue weighted by Gasteiger charge is -2.05. The fraction of sp³-hybridized carbons (Fsp3) is 0.0833. The van der Waals surface area contributed by atoms with E-state index in [1.54, 1.807) is 18.3 Å². The molecule has 5 nitrogen and oxygen atoms in total. The van der Waals surface area contributed by atoms with Gasteiger partial charge in [-0.2, -0.15) is 0 Å². The normalized spacial score (nSPS) is 11.0. The van der Waals surface area contributed by atoms with Gasteiger partial charge in [-0.3, -0.25) is 9.59 Å². The van der Waals surface area contributed by atoms with Gasteiger partial charge in [0.2, 0.25) is 0 Å². The van der Waals surface area contributed by atoms with Crippen molar-refractivity contribution in [3.05, 3.63) is 60.8 Å². The van der Waals surface area contributed by atoms with Crippen LogP contribution in [0.2, 0.25) is 0 Å². The Kier molecular flexibility index (Phi) is 3.08. The van der Waals surface area contributed by atoms with Gasteiger partial charge in [-0.1, -0.05) is 0 Å². The lowest BCUT2D eigenvalue weighted by Crippen LogP contribution is -2.21. The third-order valence-corrected chi connectivity index (χ3v) is 4.00. The van der Waals surface area contributed by atoms with Gasteiger partial charge in [0.05, 0.1) is 12.1 Å². The first kappa shape index (κ1) is 12.3. The number of H-pyrrole nitrogens is 1. The van der Waals surface area contributed by atoms with Crippen LogP contribution in [0.25, 0.3) is 10.2 Å². The van der Waals surface area contributed by atoms with E-state index in [0.29, 0.717) is 16.0 Å². The quantitative estimate of drug-likeness (QED) is 0.777. The Morgan fingerprint density at radius 1 is 1.32 bits per heavy atom. The number of aromatic nitrogens is 3. The molecule has 0 aliphatic rings. The number of pyridine rings is 1. The van der Waals surface area contributed by atoms with Gasteiger partial charge >= 0.3 is 0 Å². The molecule has 3 aromatic rings. The van der Waals surface area contributed by atoms with Crippen LogP contribution in [0.15, 0.2) is 43.8 Å². The molecule has 7 heteroatoms. The molecule has 3 rings (SSSR count). The van der Waals surface area contributed by atoms with Crippen LogP contribution >= 0.6 is 27.3 Å². The molecule has 0 unspecified atom stereocenters. The van der Waals surface area contributed by atoms with Crippen LogP contribution in [-0.2, 0) is 6.54 Å². The van der Waals surface area contributed by atoms with Gasteiger partial charge in [0, 0.05) is 16.7 Å². The molecule has 0 aromatic carbocycles. The second kappa shape index (κ2) is 4.75. The molecule has 1 N–H and O–H groups in total. The molecule has 0 radical (unpaired) electrons. The van der Waals surface area contributed by atoms with Crippen molar-refractivity contribution in [1.82, 2.24) is 14.5 Å². The molecule has 0 aliphatic heterocycles. The van der Waals surface area contributed by atoms with Crippen molar-refractivity contribution >= 4 is 37.5 Å². The zero-order valence-electron chi connectivity index (χ0n) is 9.59. The van der Waals surface area contributed by atoms with Crippen LogP contribution in [0.4, 0.5) is 0 Å². The summed E-state index contributed by atoms with van der Waals surface area (Å²) in [6.07, 6.45) is 1.67. The fourth-order valence-corrected chi connectivity index (χ4v) is 2.89. The number of fused-ring (bicyclic) bond motifs is 1. The monoisotopic (exact) mass is 337 g/mol. The minimum Gasteiger partial charge on any atom is -0.308 e. The van der Waals surface area contributed by atoms with Gasteiger partial charge < -0.3 is 9.55 Å². The van der Waals surface area contributed by atoms with Gasteiger partial charge in [0.15, 0.2) is 0 Å². The molecule has 19 heavy (non-hydrogen) atoms. The Balaban J connectivity index is 2.08. The predicted molar refractivity (Wildman–Crippen MR) is 77.7 cm³/mol. The molecule has 0 saturated heterocycles. The van der Waals surface area contributed by atoms with Crippen molar-refractivity contribution in [1.29, 1.82) is 0 Å². The molecule has 0 atom stereocenters. The molecular formula is C12H8BrN3O2S. The van der Waals surface area contributed by atoms with Gasteiger partial charge in [0.25, 0.3) is 11.1 Å². The smallest absolute Gasteiger partial charge is 0.268 e. The fourth-order valence-electron chi connectivity index (χ4n) is 1.78. The number of thiophene rings is 1. The van der Waals surface area contributed by atoms with Crippen LogP contribution < -0.4 is 11.1 Å². The summed E-state index contributed by atoms with van der Waals surface area (Å²) < 4.78 is 2.89. The summed E-state index contributed by atoms with van der Waals surface area (Å²) >= 11 is 4.66. The third-order valence-electron chi connectivity index (χ3n) is 2.63. The predicted octanol–water partition coefficient (Wildman–Crippen LogP) is 1.96. The lowest BCUT2D eigenvalue weighted by atomic mass is 10.4. The van der Waals surface area contributed by atoms with E-state index in [0.717, 1.165) is 4.47 Å². The van der Waals surface area contributed by atoms with Crippen molar-refractivity contribution in [2.24, 2.45) is 0 Å². The molecular weight excluding hydrogens is 330 g/mol. The zero-order chi connectivity index (χ0) is 13.4. The second-order valence-electron chi connectivity index (χ2n) is 3.96. The number of rotatable bonds is 2. The molecule has 0 saturated carbocycles. The van der Waals surface area contributed by atoms with Crippen molar-refractivity contribution in [3.63, 3.8) is 0 Å². The highest BCUT2D eigenvalue weighted by Crippen LogP contribution is 2.14. The lowest BCUT2D eigenvalue weighted by molar-refractivity contribution is 0.713. The molecule has 3 aromatic heterocycles. The van der Waals surface area contributed by atoms with E-state index in [2.05, 4.69) is 25.9 Å². The summed E-state index contributed by atoms with van der Waals surface area (Å²) in [5, 5.41) is 1.82. The van der Waals surface area contributed by atoms with Crippen molar-refractivity contribution in [2.75, 3.05) is 0 Å². The van der Waals surface area contributed by atoms with E-state index in [1.807, 2.05) is 5.38 Å². The van der Waals surface area contributed by atoms with Gasteiger partial charge in [-0.05, 0) is 33.4 Å². The first-order valence-electron chi connectivity index (χ1n) is 5.46. The number of halogens is 1. The minimum atomic E-state index is -0.168. The molecule has 0 amide bonds. The number of nitrogens with zero attached hydrogens (tertiary/aromatic N) is 2.